The van der Waals surface area contributed by atoms with Crippen LogP contribution in [0.4, 0.5) is 4.39 Å². The van der Waals surface area contributed by atoms with E-state index in [1.165, 1.54) is 12.1 Å². The van der Waals surface area contributed by atoms with Crippen molar-refractivity contribution in [1.82, 2.24) is 10.1 Å². The summed E-state index contributed by atoms with van der Waals surface area (Å²) >= 11 is 3.35. The van der Waals surface area contributed by atoms with E-state index in [2.05, 4.69) is 33.0 Å². The van der Waals surface area contributed by atoms with Crippen LogP contribution in [0.25, 0.3) is 11.4 Å². The van der Waals surface area contributed by atoms with Crippen molar-refractivity contribution in [2.45, 2.75) is 25.7 Å². The zero-order chi connectivity index (χ0) is 13.8. The van der Waals surface area contributed by atoms with Crippen LogP contribution in [0.15, 0.2) is 27.2 Å². The van der Waals surface area contributed by atoms with Gasteiger partial charge in [-0.05, 0) is 24.6 Å². The minimum Gasteiger partial charge on any atom is -0.339 e. The van der Waals surface area contributed by atoms with Gasteiger partial charge < -0.3 is 10.3 Å². The Balaban J connectivity index is 2.32. The molecular formula is C13H15BrFN3O. The molecule has 1 unspecified atom stereocenters. The van der Waals surface area contributed by atoms with Crippen LogP contribution in [-0.2, 0) is 0 Å². The number of rotatable bonds is 5. The van der Waals surface area contributed by atoms with Gasteiger partial charge in [0.25, 0.3) is 0 Å². The van der Waals surface area contributed by atoms with Crippen LogP contribution < -0.4 is 5.73 Å². The van der Waals surface area contributed by atoms with Crippen LogP contribution in [0, 0.1) is 5.82 Å². The van der Waals surface area contributed by atoms with Crippen molar-refractivity contribution < 1.29 is 8.91 Å². The molecule has 19 heavy (non-hydrogen) atoms. The van der Waals surface area contributed by atoms with Gasteiger partial charge in [-0.25, -0.2) is 4.39 Å². The van der Waals surface area contributed by atoms with E-state index in [1.54, 1.807) is 6.07 Å². The van der Waals surface area contributed by atoms with Crippen LogP contribution in [-0.4, -0.2) is 16.7 Å². The van der Waals surface area contributed by atoms with Crippen LogP contribution in [0.2, 0.25) is 0 Å². The van der Waals surface area contributed by atoms with Crippen molar-refractivity contribution in [2.24, 2.45) is 5.73 Å². The largest absolute Gasteiger partial charge is 0.339 e. The quantitative estimate of drug-likeness (QED) is 0.913. The lowest BCUT2D eigenvalue weighted by atomic mass is 10.0. The minimum absolute atomic E-state index is 0.0542. The highest BCUT2D eigenvalue weighted by atomic mass is 79.9. The second-order valence-electron chi connectivity index (χ2n) is 4.30. The Kier molecular flexibility index (Phi) is 4.66. The molecule has 2 N–H and O–H groups in total. The van der Waals surface area contributed by atoms with Crippen molar-refractivity contribution in [3.63, 3.8) is 0 Å². The zero-order valence-electron chi connectivity index (χ0n) is 10.6. The van der Waals surface area contributed by atoms with Gasteiger partial charge in [-0.2, -0.15) is 4.98 Å². The predicted molar refractivity (Wildman–Crippen MR) is 74.1 cm³/mol. The molecule has 0 saturated carbocycles. The van der Waals surface area contributed by atoms with Gasteiger partial charge >= 0.3 is 0 Å². The highest BCUT2D eigenvalue weighted by Gasteiger charge is 2.18. The van der Waals surface area contributed by atoms with Crippen molar-refractivity contribution in [3.8, 4) is 11.4 Å². The summed E-state index contributed by atoms with van der Waals surface area (Å²) in [7, 11) is 0. The summed E-state index contributed by atoms with van der Waals surface area (Å²) in [6.07, 6.45) is 1.88. The molecule has 0 fully saturated rings. The lowest BCUT2D eigenvalue weighted by molar-refractivity contribution is 0.347. The lowest BCUT2D eigenvalue weighted by Gasteiger charge is -2.06. The number of nitrogens with two attached hydrogens (primary N) is 1. The fourth-order valence-electron chi connectivity index (χ4n) is 1.87. The highest BCUT2D eigenvalue weighted by molar-refractivity contribution is 9.10. The summed E-state index contributed by atoms with van der Waals surface area (Å²) in [6.45, 7) is 2.53. The van der Waals surface area contributed by atoms with Gasteiger partial charge in [0.15, 0.2) is 0 Å². The summed E-state index contributed by atoms with van der Waals surface area (Å²) in [5.41, 5.74) is 6.27. The molecule has 2 aromatic rings. The highest BCUT2D eigenvalue weighted by Crippen LogP contribution is 2.28. The number of benzene rings is 1. The molecule has 0 amide bonds. The molecule has 0 radical (unpaired) electrons. The number of nitrogens with zero attached hydrogens (tertiary/aromatic N) is 2. The van der Waals surface area contributed by atoms with Crippen molar-refractivity contribution >= 4 is 15.9 Å². The third kappa shape index (κ3) is 3.19. The molecule has 102 valence electrons. The SMILES string of the molecule is CCCC(CN)c1nc(-c2cc(F)ccc2Br)no1. The fourth-order valence-corrected chi connectivity index (χ4v) is 2.29. The molecule has 0 aliphatic rings. The first-order valence-corrected chi connectivity index (χ1v) is 6.94. The molecule has 6 heteroatoms. The van der Waals surface area contributed by atoms with Crippen LogP contribution in [0.3, 0.4) is 0 Å². The maximum atomic E-state index is 13.3. The van der Waals surface area contributed by atoms with Gasteiger partial charge in [-0.3, -0.25) is 0 Å². The predicted octanol–water partition coefficient (Wildman–Crippen LogP) is 3.48. The van der Waals surface area contributed by atoms with E-state index in [9.17, 15) is 4.39 Å². The van der Waals surface area contributed by atoms with Gasteiger partial charge in [-0.1, -0.05) is 34.4 Å². The Labute approximate surface area is 119 Å². The van der Waals surface area contributed by atoms with E-state index in [-0.39, 0.29) is 11.7 Å². The molecule has 4 nitrogen and oxygen atoms in total. The topological polar surface area (TPSA) is 64.9 Å². The van der Waals surface area contributed by atoms with Gasteiger partial charge in [0.1, 0.15) is 5.82 Å². The summed E-state index contributed by atoms with van der Waals surface area (Å²) < 4.78 is 19.2. The maximum absolute atomic E-state index is 13.3. The van der Waals surface area contributed by atoms with E-state index in [0.717, 1.165) is 17.3 Å². The second kappa shape index (κ2) is 6.25. The standard InChI is InChI=1S/C13H15BrFN3O/c1-2-3-8(7-16)13-17-12(18-19-13)10-6-9(15)4-5-11(10)14/h4-6,8H,2-3,7,16H2,1H3. The lowest BCUT2D eigenvalue weighted by Crippen LogP contribution is -2.12. The second-order valence-corrected chi connectivity index (χ2v) is 5.16. The third-order valence-electron chi connectivity index (χ3n) is 2.88. The van der Waals surface area contributed by atoms with Gasteiger partial charge in [0, 0.05) is 16.6 Å². The van der Waals surface area contributed by atoms with E-state index in [4.69, 9.17) is 10.3 Å². The van der Waals surface area contributed by atoms with E-state index in [0.29, 0.717) is 23.8 Å². The smallest absolute Gasteiger partial charge is 0.231 e. The summed E-state index contributed by atoms with van der Waals surface area (Å²) in [6, 6.07) is 4.36. The first-order chi connectivity index (χ1) is 9.15. The van der Waals surface area contributed by atoms with Crippen molar-refractivity contribution in [3.05, 3.63) is 34.4 Å². The summed E-state index contributed by atoms with van der Waals surface area (Å²) in [5.74, 6) is 0.596. The van der Waals surface area contributed by atoms with Crippen LogP contribution >= 0.6 is 15.9 Å². The Bertz CT molecular complexity index is 559. The fraction of sp³-hybridized carbons (Fsp3) is 0.385. The van der Waals surface area contributed by atoms with E-state index >= 15 is 0 Å². The number of hydrogen-bond acceptors (Lipinski definition) is 4. The molecule has 2 rings (SSSR count). The first kappa shape index (κ1) is 14.1. The molecule has 1 aromatic carbocycles. The Hall–Kier alpha value is -1.27. The molecule has 0 aliphatic heterocycles. The Morgan fingerprint density at radius 3 is 2.95 bits per heavy atom. The third-order valence-corrected chi connectivity index (χ3v) is 3.57. The number of hydrogen-bond donors (Lipinski definition) is 1. The molecule has 0 bridgehead atoms. The molecule has 0 spiro atoms. The van der Waals surface area contributed by atoms with Crippen LogP contribution in [0.1, 0.15) is 31.6 Å². The normalized spacial score (nSPS) is 12.6. The minimum atomic E-state index is -0.339. The number of aromatic nitrogens is 2. The Morgan fingerprint density at radius 2 is 2.26 bits per heavy atom. The van der Waals surface area contributed by atoms with E-state index in [1.807, 2.05) is 0 Å². The first-order valence-electron chi connectivity index (χ1n) is 6.14. The number of halogens is 2. The zero-order valence-corrected chi connectivity index (χ0v) is 12.2. The summed E-state index contributed by atoms with van der Waals surface area (Å²) in [5, 5.41) is 3.90. The van der Waals surface area contributed by atoms with Crippen LogP contribution in [0.5, 0.6) is 0 Å². The average Bonchev–Trinajstić information content (AvgIpc) is 2.88. The molecule has 0 saturated heterocycles. The Morgan fingerprint density at radius 1 is 1.47 bits per heavy atom. The van der Waals surface area contributed by atoms with Gasteiger partial charge in [0.2, 0.25) is 11.7 Å². The monoisotopic (exact) mass is 327 g/mol. The van der Waals surface area contributed by atoms with Crippen molar-refractivity contribution in [2.75, 3.05) is 6.54 Å². The molecule has 1 aromatic heterocycles. The van der Waals surface area contributed by atoms with Crippen molar-refractivity contribution in [1.29, 1.82) is 0 Å². The molecule has 1 atom stereocenters. The summed E-state index contributed by atoms with van der Waals surface area (Å²) in [4.78, 5) is 4.32. The molecular weight excluding hydrogens is 313 g/mol. The van der Waals surface area contributed by atoms with Gasteiger partial charge in [-0.15, -0.1) is 0 Å². The average molecular weight is 328 g/mol. The van der Waals surface area contributed by atoms with Gasteiger partial charge in [0.05, 0.1) is 5.92 Å². The molecule has 1 heterocycles. The maximum Gasteiger partial charge on any atom is 0.231 e. The molecule has 0 aliphatic carbocycles. The van der Waals surface area contributed by atoms with E-state index < -0.39 is 0 Å².